The van der Waals surface area contributed by atoms with Crippen LogP contribution in [0.15, 0.2) is 12.1 Å². The number of carbonyl (C=O) groups is 1. The third-order valence-corrected chi connectivity index (χ3v) is 4.88. The van der Waals surface area contributed by atoms with Crippen LogP contribution in [0.3, 0.4) is 0 Å². The smallest absolute Gasteiger partial charge is 0.308 e. The molecule has 0 saturated heterocycles. The van der Waals surface area contributed by atoms with Gasteiger partial charge in [-0.05, 0) is 25.0 Å². The van der Waals surface area contributed by atoms with Gasteiger partial charge >= 0.3 is 5.97 Å². The summed E-state index contributed by atoms with van der Waals surface area (Å²) in [5, 5.41) is 21.8. The predicted octanol–water partition coefficient (Wildman–Crippen LogP) is 2.16. The van der Waals surface area contributed by atoms with Gasteiger partial charge < -0.3 is 15.5 Å². The van der Waals surface area contributed by atoms with Crippen molar-refractivity contribution in [2.24, 2.45) is 0 Å². The molecule has 0 aliphatic heterocycles. The minimum absolute atomic E-state index is 0.0931. The molecule has 1 saturated carbocycles. The Bertz CT molecular complexity index is 424. The lowest BCUT2D eigenvalue weighted by Gasteiger charge is -2.36. The molecule has 4 nitrogen and oxygen atoms in total. The molecule has 3 N–H and O–H groups in total. The summed E-state index contributed by atoms with van der Waals surface area (Å²) in [5.41, 5.74) is -0.130. The molecule has 1 aliphatic rings. The highest BCUT2D eigenvalue weighted by molar-refractivity contribution is 7.12. The zero-order valence-corrected chi connectivity index (χ0v) is 11.8. The lowest BCUT2D eigenvalue weighted by Crippen LogP contribution is -2.49. The number of rotatable bonds is 6. The van der Waals surface area contributed by atoms with E-state index in [0.29, 0.717) is 6.54 Å². The molecule has 0 atom stereocenters. The van der Waals surface area contributed by atoms with Crippen LogP contribution in [-0.2, 0) is 17.8 Å². The van der Waals surface area contributed by atoms with Gasteiger partial charge in [-0.15, -0.1) is 11.3 Å². The molecule has 19 heavy (non-hydrogen) atoms. The summed E-state index contributed by atoms with van der Waals surface area (Å²) < 4.78 is 0. The largest absolute Gasteiger partial charge is 0.481 e. The Hall–Kier alpha value is -0.910. The van der Waals surface area contributed by atoms with E-state index in [1.54, 1.807) is 0 Å². The molecule has 0 radical (unpaired) electrons. The van der Waals surface area contributed by atoms with Crippen LogP contribution < -0.4 is 5.32 Å². The number of aliphatic carboxylic acids is 1. The maximum Gasteiger partial charge on any atom is 0.308 e. The van der Waals surface area contributed by atoms with Crippen LogP contribution in [0.25, 0.3) is 0 Å². The van der Waals surface area contributed by atoms with Crippen LogP contribution >= 0.6 is 11.3 Å². The van der Waals surface area contributed by atoms with Crippen molar-refractivity contribution in [2.75, 3.05) is 6.61 Å². The van der Waals surface area contributed by atoms with Crippen LogP contribution in [0.1, 0.15) is 41.9 Å². The Kier molecular flexibility index (Phi) is 4.96. The monoisotopic (exact) mass is 283 g/mol. The number of aliphatic hydroxyl groups excluding tert-OH is 1. The van der Waals surface area contributed by atoms with Crippen molar-refractivity contribution in [3.63, 3.8) is 0 Å². The fraction of sp³-hybridized carbons (Fsp3) is 0.643. The van der Waals surface area contributed by atoms with Gasteiger partial charge in [-0.25, -0.2) is 0 Å². The highest BCUT2D eigenvalue weighted by atomic mass is 32.1. The van der Waals surface area contributed by atoms with E-state index in [1.165, 1.54) is 30.6 Å². The first-order chi connectivity index (χ1) is 9.13. The Morgan fingerprint density at radius 3 is 2.58 bits per heavy atom. The van der Waals surface area contributed by atoms with Gasteiger partial charge in [0.15, 0.2) is 0 Å². The molecular weight excluding hydrogens is 262 g/mol. The maximum absolute atomic E-state index is 10.6. The second kappa shape index (κ2) is 6.50. The molecule has 1 aromatic rings. The van der Waals surface area contributed by atoms with E-state index in [0.717, 1.165) is 22.6 Å². The molecule has 0 bridgehead atoms. The molecular formula is C14H21NO3S. The average molecular weight is 283 g/mol. The highest BCUT2D eigenvalue weighted by Gasteiger charge is 2.30. The Labute approximate surface area is 117 Å². The van der Waals surface area contributed by atoms with Crippen molar-refractivity contribution < 1.29 is 15.0 Å². The summed E-state index contributed by atoms with van der Waals surface area (Å²) in [4.78, 5) is 12.7. The van der Waals surface area contributed by atoms with Gasteiger partial charge in [0.2, 0.25) is 0 Å². The van der Waals surface area contributed by atoms with E-state index in [9.17, 15) is 9.90 Å². The fourth-order valence-corrected chi connectivity index (χ4v) is 3.60. The summed E-state index contributed by atoms with van der Waals surface area (Å²) in [6.45, 7) is 0.894. The predicted molar refractivity (Wildman–Crippen MR) is 75.4 cm³/mol. The molecule has 0 spiro atoms. The van der Waals surface area contributed by atoms with Crippen molar-refractivity contribution >= 4 is 17.3 Å². The van der Waals surface area contributed by atoms with E-state index in [2.05, 4.69) is 5.32 Å². The molecule has 1 aliphatic carbocycles. The Morgan fingerprint density at radius 1 is 1.26 bits per heavy atom. The van der Waals surface area contributed by atoms with Gasteiger partial charge in [-0.3, -0.25) is 4.79 Å². The minimum atomic E-state index is -0.791. The minimum Gasteiger partial charge on any atom is -0.481 e. The molecule has 1 fully saturated rings. The zero-order chi connectivity index (χ0) is 13.7. The standard InChI is InChI=1S/C14H21NO3S/c16-10-14(6-2-1-3-7-14)15-9-12-5-4-11(19-12)8-13(17)18/h4-5,15-16H,1-3,6-10H2,(H,17,18). The lowest BCUT2D eigenvalue weighted by molar-refractivity contribution is -0.136. The number of carboxylic acids is 1. The lowest BCUT2D eigenvalue weighted by atomic mass is 9.82. The second-order valence-electron chi connectivity index (χ2n) is 5.29. The van der Waals surface area contributed by atoms with E-state index in [1.807, 2.05) is 12.1 Å². The Morgan fingerprint density at radius 2 is 1.95 bits per heavy atom. The molecule has 106 valence electrons. The van der Waals surface area contributed by atoms with Gasteiger partial charge in [0.25, 0.3) is 0 Å². The summed E-state index contributed by atoms with van der Waals surface area (Å²) in [6, 6.07) is 3.85. The first-order valence-corrected chi connectivity index (χ1v) is 7.60. The summed E-state index contributed by atoms with van der Waals surface area (Å²) >= 11 is 1.53. The molecule has 5 heteroatoms. The normalized spacial score (nSPS) is 18.4. The van der Waals surface area contributed by atoms with Crippen LogP contribution in [0.2, 0.25) is 0 Å². The molecule has 1 aromatic heterocycles. The number of hydrogen-bond acceptors (Lipinski definition) is 4. The third-order valence-electron chi connectivity index (χ3n) is 3.79. The van der Waals surface area contributed by atoms with E-state index in [-0.39, 0.29) is 18.6 Å². The summed E-state index contributed by atoms with van der Waals surface area (Å²) in [7, 11) is 0. The first-order valence-electron chi connectivity index (χ1n) is 6.79. The summed E-state index contributed by atoms with van der Waals surface area (Å²) in [5.74, 6) is -0.791. The first kappa shape index (κ1) is 14.5. The molecule has 0 unspecified atom stereocenters. The van der Waals surface area contributed by atoms with E-state index >= 15 is 0 Å². The number of thiophene rings is 1. The van der Waals surface area contributed by atoms with Gasteiger partial charge in [-0.2, -0.15) is 0 Å². The SMILES string of the molecule is O=C(O)Cc1ccc(CNC2(CO)CCCCC2)s1. The quantitative estimate of drug-likeness (QED) is 0.748. The van der Waals surface area contributed by atoms with Gasteiger partial charge in [0, 0.05) is 21.8 Å². The average Bonchev–Trinajstić information content (AvgIpc) is 2.84. The molecule has 0 aromatic carbocycles. The van der Waals surface area contributed by atoms with Crippen molar-refractivity contribution in [3.05, 3.63) is 21.9 Å². The van der Waals surface area contributed by atoms with E-state index in [4.69, 9.17) is 5.11 Å². The fourth-order valence-electron chi connectivity index (χ4n) is 2.66. The van der Waals surface area contributed by atoms with Crippen molar-refractivity contribution in [2.45, 2.75) is 50.6 Å². The topological polar surface area (TPSA) is 69.6 Å². The van der Waals surface area contributed by atoms with E-state index < -0.39 is 5.97 Å². The number of hydrogen-bond donors (Lipinski definition) is 3. The van der Waals surface area contributed by atoms with Gasteiger partial charge in [0.05, 0.1) is 13.0 Å². The number of nitrogens with one attached hydrogen (secondary N) is 1. The van der Waals surface area contributed by atoms with Gasteiger partial charge in [0.1, 0.15) is 0 Å². The van der Waals surface area contributed by atoms with Crippen molar-refractivity contribution in [3.8, 4) is 0 Å². The second-order valence-corrected chi connectivity index (χ2v) is 6.54. The number of aliphatic hydroxyl groups is 1. The van der Waals surface area contributed by atoms with Gasteiger partial charge in [-0.1, -0.05) is 19.3 Å². The maximum atomic E-state index is 10.6. The van der Waals surface area contributed by atoms with Crippen LogP contribution in [-0.4, -0.2) is 28.3 Å². The molecule has 0 amide bonds. The Balaban J connectivity index is 1.90. The van der Waals surface area contributed by atoms with Crippen LogP contribution in [0, 0.1) is 0 Å². The zero-order valence-electron chi connectivity index (χ0n) is 11.0. The number of carboxylic acid groups (broad SMARTS) is 1. The highest BCUT2D eigenvalue weighted by Crippen LogP contribution is 2.28. The van der Waals surface area contributed by atoms with Crippen molar-refractivity contribution in [1.29, 1.82) is 0 Å². The van der Waals surface area contributed by atoms with Crippen LogP contribution in [0.4, 0.5) is 0 Å². The third kappa shape index (κ3) is 4.03. The summed E-state index contributed by atoms with van der Waals surface area (Å²) in [6.07, 6.45) is 5.74. The molecule has 1 heterocycles. The van der Waals surface area contributed by atoms with Crippen LogP contribution in [0.5, 0.6) is 0 Å². The van der Waals surface area contributed by atoms with Crippen molar-refractivity contribution in [1.82, 2.24) is 5.32 Å². The molecule has 2 rings (SSSR count).